The molecule has 0 saturated carbocycles. The lowest BCUT2D eigenvalue weighted by atomic mass is 10.2. The summed E-state index contributed by atoms with van der Waals surface area (Å²) in [7, 11) is 0. The zero-order chi connectivity index (χ0) is 20.4. The molecular formula is C20H16N4O3S2. The zero-order valence-corrected chi connectivity index (χ0v) is 17.0. The number of aromatic hydroxyl groups is 1. The molecular weight excluding hydrogens is 408 g/mol. The summed E-state index contributed by atoms with van der Waals surface area (Å²) >= 11 is 2.46. The van der Waals surface area contributed by atoms with E-state index in [2.05, 4.69) is 15.3 Å². The van der Waals surface area contributed by atoms with Gasteiger partial charge in [-0.05, 0) is 30.7 Å². The fraction of sp³-hybridized carbons (Fsp3) is 0.100. The van der Waals surface area contributed by atoms with Crippen molar-refractivity contribution in [2.45, 2.75) is 12.1 Å². The first-order valence-electron chi connectivity index (χ1n) is 8.68. The second-order valence-corrected chi connectivity index (χ2v) is 8.15. The molecule has 4 rings (SSSR count). The highest BCUT2D eigenvalue weighted by atomic mass is 32.2. The maximum atomic E-state index is 12.5. The van der Waals surface area contributed by atoms with Crippen LogP contribution in [0.4, 0.5) is 5.13 Å². The number of nitrogens with one attached hydrogen (secondary N) is 1. The van der Waals surface area contributed by atoms with Crippen LogP contribution in [0.25, 0.3) is 15.9 Å². The molecule has 0 aliphatic carbocycles. The molecule has 0 saturated heterocycles. The summed E-state index contributed by atoms with van der Waals surface area (Å²) < 4.78 is 2.38. The number of para-hydroxylation sites is 2. The Bertz CT molecular complexity index is 1230. The number of benzene rings is 2. The summed E-state index contributed by atoms with van der Waals surface area (Å²) in [6, 6.07) is 16.0. The Morgan fingerprint density at radius 3 is 2.72 bits per heavy atom. The van der Waals surface area contributed by atoms with Gasteiger partial charge in [-0.1, -0.05) is 53.4 Å². The van der Waals surface area contributed by atoms with Gasteiger partial charge < -0.3 is 10.4 Å². The van der Waals surface area contributed by atoms with Crippen LogP contribution < -0.4 is 10.9 Å². The third kappa shape index (κ3) is 4.15. The second kappa shape index (κ2) is 8.06. The van der Waals surface area contributed by atoms with Crippen LogP contribution in [0.5, 0.6) is 5.88 Å². The Hall–Kier alpha value is -3.17. The van der Waals surface area contributed by atoms with Crippen molar-refractivity contribution in [3.8, 4) is 11.6 Å². The van der Waals surface area contributed by atoms with E-state index >= 15 is 0 Å². The number of carbonyl (C=O) groups excluding carboxylic acids is 1. The monoisotopic (exact) mass is 424 g/mol. The Balaban J connectivity index is 1.55. The SMILES string of the molecule is Cc1ccccc1-n1c(SCC(=O)Nc2nc3ccccc3s2)nc(O)cc1=O. The highest BCUT2D eigenvalue weighted by Gasteiger charge is 2.15. The zero-order valence-electron chi connectivity index (χ0n) is 15.3. The van der Waals surface area contributed by atoms with Crippen molar-refractivity contribution < 1.29 is 9.90 Å². The summed E-state index contributed by atoms with van der Waals surface area (Å²) in [6.45, 7) is 1.88. The van der Waals surface area contributed by atoms with Gasteiger partial charge in [-0.2, -0.15) is 4.98 Å². The van der Waals surface area contributed by atoms with Crippen molar-refractivity contribution >= 4 is 44.4 Å². The molecule has 0 atom stereocenters. The number of hydrogen-bond acceptors (Lipinski definition) is 7. The van der Waals surface area contributed by atoms with E-state index in [-0.39, 0.29) is 22.7 Å². The van der Waals surface area contributed by atoms with E-state index in [4.69, 9.17) is 0 Å². The Labute approximate surface area is 174 Å². The van der Waals surface area contributed by atoms with Crippen molar-refractivity contribution in [3.63, 3.8) is 0 Å². The Kier molecular flexibility index (Phi) is 5.32. The number of thiazole rings is 1. The predicted molar refractivity (Wildman–Crippen MR) is 115 cm³/mol. The van der Waals surface area contributed by atoms with Crippen molar-refractivity contribution in [1.29, 1.82) is 0 Å². The smallest absolute Gasteiger partial charge is 0.262 e. The van der Waals surface area contributed by atoms with Gasteiger partial charge in [0.25, 0.3) is 5.56 Å². The Morgan fingerprint density at radius 1 is 1.17 bits per heavy atom. The van der Waals surface area contributed by atoms with Gasteiger partial charge in [-0.25, -0.2) is 4.98 Å². The first-order valence-corrected chi connectivity index (χ1v) is 10.5. The standard InChI is InChI=1S/C20H16N4O3S2/c1-12-6-2-4-8-14(12)24-18(27)10-16(25)23-20(24)28-11-17(26)22-19-21-13-7-3-5-9-15(13)29-19/h2-10,25H,11H2,1H3,(H,21,22,26). The largest absolute Gasteiger partial charge is 0.493 e. The van der Waals surface area contributed by atoms with Crippen LogP contribution in [0.1, 0.15) is 5.56 Å². The van der Waals surface area contributed by atoms with Crippen molar-refractivity contribution in [2.75, 3.05) is 11.1 Å². The molecule has 0 unspecified atom stereocenters. The molecule has 4 aromatic rings. The summed E-state index contributed by atoms with van der Waals surface area (Å²) in [4.78, 5) is 33.3. The minimum atomic E-state index is -0.416. The molecule has 2 aromatic heterocycles. The number of fused-ring (bicyclic) bond motifs is 1. The van der Waals surface area contributed by atoms with Crippen molar-refractivity contribution in [1.82, 2.24) is 14.5 Å². The normalized spacial score (nSPS) is 10.9. The molecule has 9 heteroatoms. The lowest BCUT2D eigenvalue weighted by Crippen LogP contribution is -2.22. The number of nitrogens with zero attached hydrogens (tertiary/aromatic N) is 3. The lowest BCUT2D eigenvalue weighted by molar-refractivity contribution is -0.113. The summed E-state index contributed by atoms with van der Waals surface area (Å²) in [6.07, 6.45) is 0. The summed E-state index contributed by atoms with van der Waals surface area (Å²) in [5.74, 6) is -0.644. The maximum Gasteiger partial charge on any atom is 0.262 e. The highest BCUT2D eigenvalue weighted by molar-refractivity contribution is 7.99. The molecule has 0 radical (unpaired) electrons. The maximum absolute atomic E-state index is 12.5. The van der Waals surface area contributed by atoms with Gasteiger partial charge in [0, 0.05) is 0 Å². The van der Waals surface area contributed by atoms with E-state index < -0.39 is 5.56 Å². The molecule has 2 aromatic carbocycles. The molecule has 0 spiro atoms. The number of carbonyl (C=O) groups is 1. The van der Waals surface area contributed by atoms with E-state index in [1.165, 1.54) is 15.9 Å². The first-order chi connectivity index (χ1) is 14.0. The average molecular weight is 425 g/mol. The van der Waals surface area contributed by atoms with Crippen LogP contribution in [-0.2, 0) is 4.79 Å². The van der Waals surface area contributed by atoms with E-state index in [0.29, 0.717) is 10.8 Å². The summed E-state index contributed by atoms with van der Waals surface area (Å²) in [5, 5.41) is 13.3. The molecule has 2 N–H and O–H groups in total. The molecule has 7 nitrogen and oxygen atoms in total. The van der Waals surface area contributed by atoms with Crippen LogP contribution in [0.2, 0.25) is 0 Å². The predicted octanol–water partition coefficient (Wildman–Crippen LogP) is 3.59. The minimum Gasteiger partial charge on any atom is -0.493 e. The number of rotatable bonds is 5. The van der Waals surface area contributed by atoms with Gasteiger partial charge >= 0.3 is 0 Å². The van der Waals surface area contributed by atoms with Gasteiger partial charge in [-0.3, -0.25) is 14.2 Å². The van der Waals surface area contributed by atoms with E-state index in [0.717, 1.165) is 33.6 Å². The Morgan fingerprint density at radius 2 is 1.93 bits per heavy atom. The molecule has 2 heterocycles. The fourth-order valence-corrected chi connectivity index (χ4v) is 4.48. The minimum absolute atomic E-state index is 0.0116. The molecule has 29 heavy (non-hydrogen) atoms. The number of amides is 1. The van der Waals surface area contributed by atoms with Gasteiger partial charge in [0.15, 0.2) is 10.3 Å². The lowest BCUT2D eigenvalue weighted by Gasteiger charge is -2.13. The molecule has 0 fully saturated rings. The number of hydrogen-bond donors (Lipinski definition) is 2. The fourth-order valence-electron chi connectivity index (χ4n) is 2.79. The third-order valence-corrected chi connectivity index (χ3v) is 5.99. The number of thioether (sulfide) groups is 1. The van der Waals surface area contributed by atoms with E-state index in [9.17, 15) is 14.7 Å². The van der Waals surface area contributed by atoms with Crippen molar-refractivity contribution in [3.05, 3.63) is 70.5 Å². The molecule has 1 amide bonds. The molecule has 0 aliphatic rings. The van der Waals surface area contributed by atoms with Crippen LogP contribution in [0, 0.1) is 6.92 Å². The van der Waals surface area contributed by atoms with Crippen LogP contribution in [0.15, 0.2) is 64.5 Å². The van der Waals surface area contributed by atoms with Gasteiger partial charge in [-0.15, -0.1) is 0 Å². The van der Waals surface area contributed by atoms with Gasteiger partial charge in [0.05, 0.1) is 27.7 Å². The molecule has 0 aliphatic heterocycles. The quantitative estimate of drug-likeness (QED) is 0.375. The van der Waals surface area contributed by atoms with Gasteiger partial charge in [0.1, 0.15) is 0 Å². The number of anilines is 1. The molecule has 146 valence electrons. The van der Waals surface area contributed by atoms with Crippen molar-refractivity contribution in [2.24, 2.45) is 0 Å². The highest BCUT2D eigenvalue weighted by Crippen LogP contribution is 2.26. The molecule has 0 bridgehead atoms. The first kappa shape index (κ1) is 19.2. The number of aromatic nitrogens is 3. The van der Waals surface area contributed by atoms with E-state index in [1.807, 2.05) is 49.4 Å². The second-order valence-electron chi connectivity index (χ2n) is 6.18. The van der Waals surface area contributed by atoms with Crippen LogP contribution >= 0.6 is 23.1 Å². The van der Waals surface area contributed by atoms with E-state index in [1.54, 1.807) is 6.07 Å². The van der Waals surface area contributed by atoms with Gasteiger partial charge in [0.2, 0.25) is 11.8 Å². The summed E-state index contributed by atoms with van der Waals surface area (Å²) in [5.41, 5.74) is 1.94. The average Bonchev–Trinajstić information content (AvgIpc) is 3.09. The third-order valence-electron chi connectivity index (χ3n) is 4.10. The van der Waals surface area contributed by atoms with Crippen LogP contribution in [-0.4, -0.2) is 31.3 Å². The van der Waals surface area contributed by atoms with Crippen LogP contribution in [0.3, 0.4) is 0 Å². The number of aryl methyl sites for hydroxylation is 1. The topological polar surface area (TPSA) is 97.1 Å².